The van der Waals surface area contributed by atoms with Gasteiger partial charge in [-0.25, -0.2) is 8.42 Å². The fourth-order valence-corrected chi connectivity index (χ4v) is 5.91. The van der Waals surface area contributed by atoms with Gasteiger partial charge in [0.2, 0.25) is 10.0 Å². The zero-order chi connectivity index (χ0) is 20.1. The normalized spacial score (nSPS) is 19.8. The molecule has 6 nitrogen and oxygen atoms in total. The number of rotatable bonds is 2. The molecule has 148 valence electrons. The summed E-state index contributed by atoms with van der Waals surface area (Å²) >= 11 is 6.35. The molecule has 1 fully saturated rings. The van der Waals surface area contributed by atoms with E-state index < -0.39 is 15.9 Å². The van der Waals surface area contributed by atoms with E-state index in [4.69, 9.17) is 16.3 Å². The van der Waals surface area contributed by atoms with Crippen molar-refractivity contribution in [3.05, 3.63) is 46.5 Å². The van der Waals surface area contributed by atoms with E-state index in [0.717, 1.165) is 24.8 Å². The molecule has 0 bridgehead atoms. The van der Waals surface area contributed by atoms with Crippen molar-refractivity contribution in [1.82, 2.24) is 4.31 Å². The van der Waals surface area contributed by atoms with Gasteiger partial charge in [0.25, 0.3) is 5.91 Å². The molecule has 4 rings (SSSR count). The second-order valence-electron chi connectivity index (χ2n) is 7.30. The number of piperidine rings is 1. The van der Waals surface area contributed by atoms with Crippen LogP contribution in [0.25, 0.3) is 0 Å². The Morgan fingerprint density at radius 2 is 1.96 bits per heavy atom. The first-order chi connectivity index (χ1) is 13.3. The first kappa shape index (κ1) is 19.2. The molecular formula is C20H21ClN2O4S. The summed E-state index contributed by atoms with van der Waals surface area (Å²) in [5, 5.41) is 2.83. The van der Waals surface area contributed by atoms with Gasteiger partial charge in [0.15, 0.2) is 5.75 Å². The van der Waals surface area contributed by atoms with E-state index in [-0.39, 0.29) is 27.3 Å². The minimum atomic E-state index is -3.82. The summed E-state index contributed by atoms with van der Waals surface area (Å²) in [6.45, 7) is 4.25. The fourth-order valence-electron chi connectivity index (χ4n) is 3.69. The van der Waals surface area contributed by atoms with Crippen molar-refractivity contribution in [3.8, 4) is 11.5 Å². The third-order valence-corrected chi connectivity index (χ3v) is 7.69. The maximum Gasteiger partial charge on any atom is 0.259 e. The largest absolute Gasteiger partial charge is 0.454 e. The molecule has 2 aromatic carbocycles. The Kier molecular flexibility index (Phi) is 4.85. The monoisotopic (exact) mass is 420 g/mol. The van der Waals surface area contributed by atoms with E-state index in [9.17, 15) is 13.2 Å². The number of anilines is 1. The Balaban J connectivity index is 1.79. The quantitative estimate of drug-likeness (QED) is 0.772. The lowest BCUT2D eigenvalue weighted by Crippen LogP contribution is -2.42. The number of fused-ring (bicyclic) bond motifs is 2. The molecule has 1 atom stereocenters. The summed E-state index contributed by atoms with van der Waals surface area (Å²) in [5.41, 5.74) is 1.64. The van der Waals surface area contributed by atoms with Crippen LogP contribution in [0.4, 0.5) is 5.69 Å². The number of sulfonamides is 1. The average Bonchev–Trinajstić information content (AvgIpc) is 2.76. The summed E-state index contributed by atoms with van der Waals surface area (Å²) in [6.07, 6.45) is 2.61. The number of benzene rings is 2. The molecule has 0 saturated carbocycles. The molecule has 8 heteroatoms. The molecule has 1 saturated heterocycles. The fraction of sp³-hybridized carbons (Fsp3) is 0.350. The van der Waals surface area contributed by atoms with Gasteiger partial charge < -0.3 is 10.1 Å². The van der Waals surface area contributed by atoms with Gasteiger partial charge in [-0.2, -0.15) is 4.31 Å². The van der Waals surface area contributed by atoms with Crippen LogP contribution in [0, 0.1) is 6.92 Å². The second kappa shape index (κ2) is 7.06. The highest BCUT2D eigenvalue weighted by Gasteiger charge is 2.34. The third kappa shape index (κ3) is 3.27. The minimum Gasteiger partial charge on any atom is -0.454 e. The molecule has 2 aromatic rings. The summed E-state index contributed by atoms with van der Waals surface area (Å²) < 4.78 is 33.8. The van der Waals surface area contributed by atoms with Gasteiger partial charge in [-0.15, -0.1) is 0 Å². The first-order valence-electron chi connectivity index (χ1n) is 9.22. The van der Waals surface area contributed by atoms with Crippen molar-refractivity contribution in [3.63, 3.8) is 0 Å². The molecule has 0 aliphatic carbocycles. The molecule has 1 N–H and O–H groups in total. The highest BCUT2D eigenvalue weighted by atomic mass is 35.5. The predicted octanol–water partition coefficient (Wildman–Crippen LogP) is 4.57. The van der Waals surface area contributed by atoms with E-state index in [2.05, 4.69) is 5.32 Å². The Labute approximate surface area is 169 Å². The van der Waals surface area contributed by atoms with Crippen molar-refractivity contribution >= 4 is 33.2 Å². The van der Waals surface area contributed by atoms with Crippen LogP contribution in [0.3, 0.4) is 0 Å². The number of nitrogens with zero attached hydrogens (tertiary/aromatic N) is 1. The molecule has 0 aromatic heterocycles. The van der Waals surface area contributed by atoms with Crippen LogP contribution in [0.2, 0.25) is 5.02 Å². The van der Waals surface area contributed by atoms with Gasteiger partial charge in [-0.1, -0.05) is 24.1 Å². The number of ether oxygens (including phenoxy) is 1. The van der Waals surface area contributed by atoms with Crippen LogP contribution in [0.15, 0.2) is 35.2 Å². The maximum atomic E-state index is 13.2. The van der Waals surface area contributed by atoms with Crippen molar-refractivity contribution in [2.24, 2.45) is 0 Å². The van der Waals surface area contributed by atoms with Gasteiger partial charge >= 0.3 is 0 Å². The number of nitrogens with one attached hydrogen (secondary N) is 1. The van der Waals surface area contributed by atoms with Crippen molar-refractivity contribution in [2.75, 3.05) is 11.9 Å². The van der Waals surface area contributed by atoms with Crippen LogP contribution in [0.5, 0.6) is 11.5 Å². The zero-order valence-corrected chi connectivity index (χ0v) is 17.2. The van der Waals surface area contributed by atoms with Gasteiger partial charge in [0.05, 0.1) is 16.3 Å². The molecule has 0 spiro atoms. The van der Waals surface area contributed by atoms with Gasteiger partial charge in [-0.3, -0.25) is 4.79 Å². The number of carbonyl (C=O) groups is 1. The molecule has 0 unspecified atom stereocenters. The Morgan fingerprint density at radius 1 is 1.18 bits per heavy atom. The van der Waals surface area contributed by atoms with E-state index >= 15 is 0 Å². The molecular weight excluding hydrogens is 400 g/mol. The number of hydrogen-bond donors (Lipinski definition) is 1. The predicted molar refractivity (Wildman–Crippen MR) is 108 cm³/mol. The number of halogens is 1. The molecule has 2 heterocycles. The third-order valence-electron chi connectivity index (χ3n) is 5.21. The Hall–Kier alpha value is -2.09. The van der Waals surface area contributed by atoms with E-state index in [1.54, 1.807) is 12.1 Å². The maximum absolute atomic E-state index is 13.2. The van der Waals surface area contributed by atoms with Gasteiger partial charge in [0.1, 0.15) is 10.6 Å². The molecule has 2 aliphatic heterocycles. The van der Waals surface area contributed by atoms with E-state index in [1.165, 1.54) is 16.4 Å². The Morgan fingerprint density at radius 3 is 2.71 bits per heavy atom. The number of hydrogen-bond acceptors (Lipinski definition) is 4. The number of carbonyl (C=O) groups excluding carboxylic acids is 1. The summed E-state index contributed by atoms with van der Waals surface area (Å²) in [4.78, 5) is 12.7. The smallest absolute Gasteiger partial charge is 0.259 e. The van der Waals surface area contributed by atoms with Crippen LogP contribution in [-0.4, -0.2) is 31.2 Å². The van der Waals surface area contributed by atoms with Crippen LogP contribution in [-0.2, 0) is 10.0 Å². The highest BCUT2D eigenvalue weighted by Crippen LogP contribution is 2.40. The second-order valence-corrected chi connectivity index (χ2v) is 9.56. The van der Waals surface area contributed by atoms with E-state index in [1.807, 2.05) is 19.9 Å². The first-order valence-corrected chi connectivity index (χ1v) is 11.0. The van der Waals surface area contributed by atoms with Gasteiger partial charge in [-0.05, 0) is 50.5 Å². The summed E-state index contributed by atoms with van der Waals surface area (Å²) in [6, 6.07) is 8.05. The molecule has 2 aliphatic rings. The highest BCUT2D eigenvalue weighted by molar-refractivity contribution is 7.89. The standard InChI is InChI=1S/C20H21ClN2O4S/c1-12-6-7-17-16(9-12)22-20(24)14-10-19(15(21)11-18(14)27-17)28(25,26)23-8-4-3-5-13(23)2/h6-7,9-11,13H,3-5,8H2,1-2H3,(H,22,24)/t13-/m0/s1. The van der Waals surface area contributed by atoms with Crippen molar-refractivity contribution < 1.29 is 17.9 Å². The molecule has 28 heavy (non-hydrogen) atoms. The zero-order valence-electron chi connectivity index (χ0n) is 15.7. The topological polar surface area (TPSA) is 75.7 Å². The number of aryl methyl sites for hydroxylation is 1. The molecule has 1 amide bonds. The molecule has 0 radical (unpaired) electrons. The average molecular weight is 421 g/mol. The van der Waals surface area contributed by atoms with Gasteiger partial charge in [0, 0.05) is 18.7 Å². The lowest BCUT2D eigenvalue weighted by atomic mass is 10.1. The lowest BCUT2D eigenvalue weighted by molar-refractivity contribution is 0.102. The van der Waals surface area contributed by atoms with Crippen LogP contribution < -0.4 is 10.1 Å². The summed E-state index contributed by atoms with van der Waals surface area (Å²) in [5.74, 6) is 0.281. The SMILES string of the molecule is Cc1ccc2c(c1)NC(=O)c1cc(S(=O)(=O)N3CCCC[C@@H]3C)c(Cl)cc1O2. The van der Waals surface area contributed by atoms with Crippen LogP contribution in [0.1, 0.15) is 42.1 Å². The van der Waals surface area contributed by atoms with E-state index in [0.29, 0.717) is 18.0 Å². The minimum absolute atomic E-state index is 0.0416. The number of amides is 1. The van der Waals surface area contributed by atoms with Crippen molar-refractivity contribution in [2.45, 2.75) is 44.0 Å². The van der Waals surface area contributed by atoms with Crippen molar-refractivity contribution in [1.29, 1.82) is 0 Å². The lowest BCUT2D eigenvalue weighted by Gasteiger charge is -2.32. The van der Waals surface area contributed by atoms with Crippen LogP contribution >= 0.6 is 11.6 Å². The Bertz CT molecular complexity index is 1070. The summed E-state index contributed by atoms with van der Waals surface area (Å²) in [7, 11) is -3.82.